The highest BCUT2D eigenvalue weighted by atomic mass is 16.5. The monoisotopic (exact) mass is 318 g/mol. The Kier molecular flexibility index (Phi) is 4.45. The van der Waals surface area contributed by atoms with Crippen LogP contribution < -0.4 is 9.64 Å². The molecule has 1 aromatic rings. The van der Waals surface area contributed by atoms with Gasteiger partial charge in [0.1, 0.15) is 25.0 Å². The van der Waals surface area contributed by atoms with E-state index in [9.17, 15) is 5.11 Å². The van der Waals surface area contributed by atoms with Crippen LogP contribution in [0.25, 0.3) is 0 Å². The van der Waals surface area contributed by atoms with Crippen LogP contribution >= 0.6 is 0 Å². The van der Waals surface area contributed by atoms with Crippen LogP contribution in [0.3, 0.4) is 0 Å². The highest BCUT2D eigenvalue weighted by molar-refractivity contribution is 5.26. The van der Waals surface area contributed by atoms with Crippen molar-refractivity contribution in [1.29, 1.82) is 0 Å². The molecule has 3 heteroatoms. The van der Waals surface area contributed by atoms with Crippen molar-refractivity contribution < 1.29 is 14.7 Å². The molecule has 1 saturated heterocycles. The first-order chi connectivity index (χ1) is 10.7. The lowest BCUT2D eigenvalue weighted by Crippen LogP contribution is -3.15. The second-order valence-corrected chi connectivity index (χ2v) is 9.07. The molecule has 0 radical (unpaired) electrons. The molecule has 4 atom stereocenters. The number of aliphatic hydroxyl groups excluding tert-OH is 1. The van der Waals surface area contributed by atoms with Crippen LogP contribution in [0.2, 0.25) is 0 Å². The van der Waals surface area contributed by atoms with E-state index in [1.54, 1.807) is 4.90 Å². The molecule has 1 aromatic carbocycles. The topological polar surface area (TPSA) is 33.9 Å². The van der Waals surface area contributed by atoms with Gasteiger partial charge in [0.2, 0.25) is 0 Å². The lowest BCUT2D eigenvalue weighted by Gasteiger charge is -2.37. The summed E-state index contributed by atoms with van der Waals surface area (Å²) in [6, 6.07) is 8.74. The normalized spacial score (nSPS) is 33.4. The molecule has 3 nitrogen and oxygen atoms in total. The van der Waals surface area contributed by atoms with Crippen LogP contribution in [0.1, 0.15) is 45.6 Å². The van der Waals surface area contributed by atoms with Gasteiger partial charge in [0.15, 0.2) is 0 Å². The zero-order valence-electron chi connectivity index (χ0n) is 15.1. The Morgan fingerprint density at radius 2 is 1.91 bits per heavy atom. The fourth-order valence-corrected chi connectivity index (χ4v) is 5.18. The van der Waals surface area contributed by atoms with Crippen molar-refractivity contribution in [2.75, 3.05) is 19.7 Å². The third-order valence-electron chi connectivity index (χ3n) is 5.64. The van der Waals surface area contributed by atoms with E-state index in [1.807, 2.05) is 24.3 Å². The predicted molar refractivity (Wildman–Crippen MR) is 92.9 cm³/mol. The third-order valence-corrected chi connectivity index (χ3v) is 5.64. The van der Waals surface area contributed by atoms with E-state index in [-0.39, 0.29) is 0 Å². The second-order valence-electron chi connectivity index (χ2n) is 9.07. The van der Waals surface area contributed by atoms with Crippen LogP contribution in [0.5, 0.6) is 5.75 Å². The minimum Gasteiger partial charge on any atom is -0.491 e. The molecular formula is C20H32NO2+. The van der Waals surface area contributed by atoms with E-state index in [4.69, 9.17) is 4.74 Å². The summed E-state index contributed by atoms with van der Waals surface area (Å²) in [6.45, 7) is 11.7. The molecular weight excluding hydrogens is 286 g/mol. The van der Waals surface area contributed by atoms with Crippen LogP contribution in [0.4, 0.5) is 0 Å². The van der Waals surface area contributed by atoms with Crippen molar-refractivity contribution in [2.45, 2.75) is 59.1 Å². The summed E-state index contributed by atoms with van der Waals surface area (Å²) >= 11 is 0. The average molecular weight is 318 g/mol. The second kappa shape index (κ2) is 6.10. The summed E-state index contributed by atoms with van der Waals surface area (Å²) < 4.78 is 5.75. The number of likely N-dealkylation sites (tertiary alicyclic amines) is 1. The highest BCUT2D eigenvalue weighted by Crippen LogP contribution is 2.47. The SMILES string of the molecule is Cc1ccc(OC[C@@H](O)C[NH+]2C[C@]3(C)C[C@H]2CC(C)(C)C3)cc1. The minimum atomic E-state index is -0.391. The molecule has 128 valence electrons. The number of hydrogen-bond donors (Lipinski definition) is 2. The summed E-state index contributed by atoms with van der Waals surface area (Å²) in [5.74, 6) is 0.845. The van der Waals surface area contributed by atoms with E-state index < -0.39 is 6.10 Å². The van der Waals surface area contributed by atoms with E-state index in [0.29, 0.717) is 23.5 Å². The Morgan fingerprint density at radius 1 is 1.22 bits per heavy atom. The summed E-state index contributed by atoms with van der Waals surface area (Å²) in [4.78, 5) is 1.58. The average Bonchev–Trinajstić information content (AvgIpc) is 2.67. The Labute approximate surface area is 140 Å². The highest BCUT2D eigenvalue weighted by Gasteiger charge is 2.52. The number of hydrogen-bond acceptors (Lipinski definition) is 2. The smallest absolute Gasteiger partial charge is 0.137 e. The molecule has 1 heterocycles. The standard InChI is InChI=1S/C20H31NO2/c1-15-5-7-18(8-6-15)23-12-17(22)11-21-14-20(4)10-16(21)9-19(2,3)13-20/h5-8,16-17,22H,9-14H2,1-4H3/p+1/t16-,17+,20-/m1/s1. The first kappa shape index (κ1) is 16.8. The van der Waals surface area contributed by atoms with Crippen LogP contribution in [0, 0.1) is 17.8 Å². The largest absolute Gasteiger partial charge is 0.491 e. The van der Waals surface area contributed by atoms with Gasteiger partial charge in [0.05, 0.1) is 12.6 Å². The van der Waals surface area contributed by atoms with Gasteiger partial charge < -0.3 is 14.7 Å². The number of nitrogens with one attached hydrogen (secondary N) is 1. The quantitative estimate of drug-likeness (QED) is 0.873. The number of quaternary nitrogens is 1. The van der Waals surface area contributed by atoms with E-state index in [2.05, 4.69) is 27.7 Å². The van der Waals surface area contributed by atoms with Gasteiger partial charge in [-0.15, -0.1) is 0 Å². The lowest BCUT2D eigenvalue weighted by molar-refractivity contribution is -0.917. The van der Waals surface area contributed by atoms with Gasteiger partial charge in [-0.1, -0.05) is 38.5 Å². The first-order valence-electron chi connectivity index (χ1n) is 8.97. The van der Waals surface area contributed by atoms with Crippen molar-refractivity contribution in [3.8, 4) is 5.75 Å². The van der Waals surface area contributed by atoms with E-state index in [1.165, 1.54) is 31.4 Å². The van der Waals surface area contributed by atoms with Gasteiger partial charge in [-0.3, -0.25) is 0 Å². The van der Waals surface area contributed by atoms with E-state index >= 15 is 0 Å². The maximum absolute atomic E-state index is 10.4. The number of aryl methyl sites for hydroxylation is 1. The van der Waals surface area contributed by atoms with Crippen molar-refractivity contribution >= 4 is 0 Å². The van der Waals surface area contributed by atoms with Gasteiger partial charge in [0.25, 0.3) is 0 Å². The number of benzene rings is 1. The number of aliphatic hydroxyl groups is 1. The Morgan fingerprint density at radius 3 is 2.61 bits per heavy atom. The van der Waals surface area contributed by atoms with Crippen molar-refractivity contribution in [2.24, 2.45) is 10.8 Å². The minimum absolute atomic E-state index is 0.388. The number of rotatable bonds is 5. The molecule has 3 rings (SSSR count). The Balaban J connectivity index is 1.52. The Bertz CT molecular complexity index is 539. The van der Waals surface area contributed by atoms with Gasteiger partial charge in [-0.05, 0) is 30.9 Å². The van der Waals surface area contributed by atoms with Crippen molar-refractivity contribution in [3.05, 3.63) is 29.8 Å². The van der Waals surface area contributed by atoms with Crippen molar-refractivity contribution in [1.82, 2.24) is 0 Å². The predicted octanol–water partition coefficient (Wildman–Crippen LogP) is 2.22. The molecule has 1 aliphatic carbocycles. The van der Waals surface area contributed by atoms with Gasteiger partial charge in [-0.25, -0.2) is 0 Å². The maximum atomic E-state index is 10.4. The molecule has 0 amide bonds. The molecule has 0 aromatic heterocycles. The summed E-state index contributed by atoms with van der Waals surface area (Å²) in [5, 5.41) is 10.4. The molecule has 1 unspecified atom stereocenters. The molecule has 0 spiro atoms. The molecule has 2 aliphatic rings. The third kappa shape index (κ3) is 4.07. The maximum Gasteiger partial charge on any atom is 0.137 e. The number of fused-ring (bicyclic) bond motifs is 2. The molecule has 2 fully saturated rings. The van der Waals surface area contributed by atoms with Crippen LogP contribution in [-0.2, 0) is 0 Å². The van der Waals surface area contributed by atoms with Gasteiger partial charge >= 0.3 is 0 Å². The zero-order valence-corrected chi connectivity index (χ0v) is 15.1. The molecule has 1 aliphatic heterocycles. The van der Waals surface area contributed by atoms with Crippen LogP contribution in [-0.4, -0.2) is 36.9 Å². The van der Waals surface area contributed by atoms with Crippen molar-refractivity contribution in [3.63, 3.8) is 0 Å². The van der Waals surface area contributed by atoms with Gasteiger partial charge in [-0.2, -0.15) is 0 Å². The van der Waals surface area contributed by atoms with Gasteiger partial charge in [0, 0.05) is 18.3 Å². The van der Waals surface area contributed by atoms with Crippen LogP contribution in [0.15, 0.2) is 24.3 Å². The lowest BCUT2D eigenvalue weighted by atomic mass is 9.65. The summed E-state index contributed by atoms with van der Waals surface area (Å²) in [7, 11) is 0. The fraction of sp³-hybridized carbons (Fsp3) is 0.700. The fourth-order valence-electron chi connectivity index (χ4n) is 5.18. The summed E-state index contributed by atoms with van der Waals surface area (Å²) in [6.07, 6.45) is 3.52. The molecule has 2 bridgehead atoms. The summed E-state index contributed by atoms with van der Waals surface area (Å²) in [5.41, 5.74) is 2.13. The molecule has 2 N–H and O–H groups in total. The zero-order chi connectivity index (χ0) is 16.7. The Hall–Kier alpha value is -1.06. The molecule has 1 saturated carbocycles. The van der Waals surface area contributed by atoms with E-state index in [0.717, 1.165) is 12.3 Å². The number of ether oxygens (including phenoxy) is 1. The first-order valence-corrected chi connectivity index (χ1v) is 8.97. The molecule has 23 heavy (non-hydrogen) atoms.